The van der Waals surface area contributed by atoms with Crippen LogP contribution in [0.3, 0.4) is 0 Å². The second kappa shape index (κ2) is 5.93. The minimum atomic E-state index is 0.277. The van der Waals surface area contributed by atoms with Crippen LogP contribution in [0.25, 0.3) is 0 Å². The van der Waals surface area contributed by atoms with Crippen LogP contribution in [0.1, 0.15) is 18.5 Å². The summed E-state index contributed by atoms with van der Waals surface area (Å²) in [6, 6.07) is 5.97. The Morgan fingerprint density at radius 1 is 1.28 bits per heavy atom. The average molecular weight is 308 g/mol. The van der Waals surface area contributed by atoms with E-state index < -0.39 is 0 Å². The first-order valence-electron chi connectivity index (χ1n) is 5.60. The number of hydrogen-bond donors (Lipinski definition) is 1. The second-order valence-corrected chi connectivity index (χ2v) is 4.80. The van der Waals surface area contributed by atoms with E-state index in [1.807, 2.05) is 31.4 Å². The molecule has 0 aliphatic heterocycles. The van der Waals surface area contributed by atoms with Crippen LogP contribution in [-0.2, 0) is 0 Å². The van der Waals surface area contributed by atoms with E-state index >= 15 is 0 Å². The van der Waals surface area contributed by atoms with Crippen molar-refractivity contribution >= 4 is 15.9 Å². The molecule has 0 fully saturated rings. The van der Waals surface area contributed by atoms with E-state index in [9.17, 15) is 0 Å². The number of nitrogens with zero attached hydrogens (tertiary/aromatic N) is 2. The lowest BCUT2D eigenvalue weighted by molar-refractivity contribution is 0.459. The van der Waals surface area contributed by atoms with Gasteiger partial charge < -0.3 is 10.1 Å². The van der Waals surface area contributed by atoms with E-state index in [0.29, 0.717) is 11.6 Å². The van der Waals surface area contributed by atoms with E-state index in [1.54, 1.807) is 12.4 Å². The molecule has 0 bridgehead atoms. The Labute approximate surface area is 115 Å². The third kappa shape index (κ3) is 3.27. The molecular weight excluding hydrogens is 294 g/mol. The molecule has 0 aliphatic carbocycles. The topological polar surface area (TPSA) is 47.0 Å². The summed E-state index contributed by atoms with van der Waals surface area (Å²) in [6.07, 6.45) is 5.16. The molecule has 94 valence electrons. The van der Waals surface area contributed by atoms with E-state index in [4.69, 9.17) is 4.74 Å². The van der Waals surface area contributed by atoms with Crippen LogP contribution >= 0.6 is 15.9 Å². The number of rotatable bonds is 4. The van der Waals surface area contributed by atoms with Gasteiger partial charge in [-0.3, -0.25) is 4.98 Å². The Balaban J connectivity index is 2.11. The Morgan fingerprint density at radius 3 is 2.72 bits per heavy atom. The number of aromatic nitrogens is 2. The van der Waals surface area contributed by atoms with Crippen LogP contribution in [0.4, 0.5) is 0 Å². The molecule has 2 rings (SSSR count). The lowest BCUT2D eigenvalue weighted by Crippen LogP contribution is -2.12. The van der Waals surface area contributed by atoms with Crippen molar-refractivity contribution in [3.8, 4) is 11.6 Å². The molecule has 0 aromatic carbocycles. The maximum absolute atomic E-state index is 5.60. The fraction of sp³-hybridized carbons (Fsp3) is 0.231. The van der Waals surface area contributed by atoms with Gasteiger partial charge in [0, 0.05) is 29.0 Å². The number of ether oxygens (including phenoxy) is 1. The fourth-order valence-corrected chi connectivity index (χ4v) is 1.79. The molecule has 1 unspecified atom stereocenters. The number of halogens is 1. The molecule has 0 amide bonds. The third-order valence-corrected chi connectivity index (χ3v) is 3.03. The molecule has 0 aliphatic rings. The molecule has 0 saturated heterocycles. The zero-order chi connectivity index (χ0) is 13.0. The van der Waals surface area contributed by atoms with Crippen molar-refractivity contribution in [2.24, 2.45) is 0 Å². The summed E-state index contributed by atoms with van der Waals surface area (Å²) < 4.78 is 6.48. The third-order valence-electron chi connectivity index (χ3n) is 2.59. The van der Waals surface area contributed by atoms with E-state index in [0.717, 1.165) is 10.0 Å². The van der Waals surface area contributed by atoms with Gasteiger partial charge in [-0.05, 0) is 41.5 Å². The Kier molecular flexibility index (Phi) is 4.28. The lowest BCUT2D eigenvalue weighted by atomic mass is 10.1. The van der Waals surface area contributed by atoms with Gasteiger partial charge in [-0.1, -0.05) is 6.07 Å². The number of pyridine rings is 2. The van der Waals surface area contributed by atoms with Crippen molar-refractivity contribution in [3.05, 3.63) is 46.8 Å². The highest BCUT2D eigenvalue weighted by Crippen LogP contribution is 2.22. The average Bonchev–Trinajstić information content (AvgIpc) is 2.39. The predicted molar refractivity (Wildman–Crippen MR) is 73.7 cm³/mol. The molecule has 0 radical (unpaired) electrons. The summed E-state index contributed by atoms with van der Waals surface area (Å²) in [5, 5.41) is 3.16. The zero-order valence-electron chi connectivity index (χ0n) is 10.2. The van der Waals surface area contributed by atoms with Crippen LogP contribution in [0.15, 0.2) is 41.3 Å². The monoisotopic (exact) mass is 307 g/mol. The van der Waals surface area contributed by atoms with Crippen molar-refractivity contribution in [3.63, 3.8) is 0 Å². The van der Waals surface area contributed by atoms with Gasteiger partial charge in [0.25, 0.3) is 0 Å². The summed E-state index contributed by atoms with van der Waals surface area (Å²) in [5.41, 5.74) is 1.12. The normalized spacial score (nSPS) is 12.2. The number of nitrogens with one attached hydrogen (secondary N) is 1. The maximum atomic E-state index is 5.60. The van der Waals surface area contributed by atoms with Crippen molar-refractivity contribution in [1.82, 2.24) is 15.3 Å². The van der Waals surface area contributed by atoms with E-state index in [2.05, 4.69) is 38.1 Å². The Hall–Kier alpha value is -1.46. The fourth-order valence-electron chi connectivity index (χ4n) is 1.44. The molecule has 2 heterocycles. The van der Waals surface area contributed by atoms with Crippen LogP contribution < -0.4 is 10.1 Å². The molecule has 1 N–H and O–H groups in total. The molecular formula is C13H14BrN3O. The maximum Gasteiger partial charge on any atom is 0.219 e. The highest BCUT2D eigenvalue weighted by atomic mass is 79.9. The summed E-state index contributed by atoms with van der Waals surface area (Å²) >= 11 is 3.34. The Bertz CT molecular complexity index is 516. The standard InChI is InChI=1S/C13H14BrN3O/c1-9(15-2)10-3-4-13(17-6-10)18-12-5-11(14)7-16-8-12/h3-9,15H,1-2H3. The van der Waals surface area contributed by atoms with Crippen LogP contribution in [-0.4, -0.2) is 17.0 Å². The highest BCUT2D eigenvalue weighted by molar-refractivity contribution is 9.10. The van der Waals surface area contributed by atoms with E-state index in [-0.39, 0.29) is 6.04 Å². The molecule has 2 aromatic heterocycles. The molecule has 1 atom stereocenters. The largest absolute Gasteiger partial charge is 0.437 e. The minimum Gasteiger partial charge on any atom is -0.437 e. The second-order valence-electron chi connectivity index (χ2n) is 3.88. The summed E-state index contributed by atoms with van der Waals surface area (Å²) in [5.74, 6) is 1.22. The lowest BCUT2D eigenvalue weighted by Gasteiger charge is -2.10. The first-order valence-corrected chi connectivity index (χ1v) is 6.40. The number of hydrogen-bond acceptors (Lipinski definition) is 4. The van der Waals surface area contributed by atoms with Crippen molar-refractivity contribution in [2.45, 2.75) is 13.0 Å². The van der Waals surface area contributed by atoms with Crippen LogP contribution in [0, 0.1) is 0 Å². The molecule has 0 saturated carbocycles. The van der Waals surface area contributed by atoms with Gasteiger partial charge in [-0.15, -0.1) is 0 Å². The van der Waals surface area contributed by atoms with Gasteiger partial charge >= 0.3 is 0 Å². The minimum absolute atomic E-state index is 0.277. The van der Waals surface area contributed by atoms with E-state index in [1.165, 1.54) is 0 Å². The molecule has 2 aromatic rings. The Morgan fingerprint density at radius 2 is 2.11 bits per heavy atom. The first kappa shape index (κ1) is 13.0. The van der Waals surface area contributed by atoms with Gasteiger partial charge in [0.15, 0.2) is 0 Å². The van der Waals surface area contributed by atoms with Crippen molar-refractivity contribution < 1.29 is 4.74 Å². The van der Waals surface area contributed by atoms with Gasteiger partial charge in [0.05, 0.1) is 6.20 Å². The molecule has 5 heteroatoms. The van der Waals surface area contributed by atoms with Gasteiger partial charge in [0.2, 0.25) is 5.88 Å². The molecule has 0 spiro atoms. The quantitative estimate of drug-likeness (QED) is 0.941. The van der Waals surface area contributed by atoms with Gasteiger partial charge in [0.1, 0.15) is 5.75 Å². The van der Waals surface area contributed by atoms with Crippen LogP contribution in [0.5, 0.6) is 11.6 Å². The summed E-state index contributed by atoms with van der Waals surface area (Å²) in [6.45, 7) is 2.08. The van der Waals surface area contributed by atoms with Gasteiger partial charge in [-0.25, -0.2) is 4.98 Å². The van der Waals surface area contributed by atoms with Gasteiger partial charge in [-0.2, -0.15) is 0 Å². The van der Waals surface area contributed by atoms with Crippen molar-refractivity contribution in [1.29, 1.82) is 0 Å². The molecule has 4 nitrogen and oxygen atoms in total. The van der Waals surface area contributed by atoms with Crippen LogP contribution in [0.2, 0.25) is 0 Å². The summed E-state index contributed by atoms with van der Waals surface area (Å²) in [7, 11) is 1.92. The zero-order valence-corrected chi connectivity index (χ0v) is 11.8. The molecule has 18 heavy (non-hydrogen) atoms. The SMILES string of the molecule is CNC(C)c1ccc(Oc2cncc(Br)c2)nc1. The summed E-state index contributed by atoms with van der Waals surface area (Å²) in [4.78, 5) is 8.30. The first-order chi connectivity index (χ1) is 8.69. The smallest absolute Gasteiger partial charge is 0.219 e. The predicted octanol–water partition coefficient (Wildman–Crippen LogP) is 3.31. The highest BCUT2D eigenvalue weighted by Gasteiger charge is 2.04. The van der Waals surface area contributed by atoms with Crippen molar-refractivity contribution in [2.75, 3.05) is 7.05 Å².